The van der Waals surface area contributed by atoms with Gasteiger partial charge in [0.05, 0.1) is 5.75 Å². The molecule has 0 aliphatic carbocycles. The Balaban J connectivity index is 1.99. The lowest BCUT2D eigenvalue weighted by molar-refractivity contribution is 0.148. The molecule has 1 aromatic carbocycles. The predicted octanol–water partition coefficient (Wildman–Crippen LogP) is 2.21. The van der Waals surface area contributed by atoms with E-state index >= 15 is 0 Å². The van der Waals surface area contributed by atoms with Crippen LogP contribution in [0, 0.1) is 0 Å². The second-order valence-electron chi connectivity index (χ2n) is 6.82. The maximum Gasteiger partial charge on any atom is 0.214 e. The van der Waals surface area contributed by atoms with Gasteiger partial charge in [0.15, 0.2) is 0 Å². The molecule has 1 fully saturated rings. The zero-order chi connectivity index (χ0) is 15.8. The minimum absolute atomic E-state index is 0.00215. The fourth-order valence-electron chi connectivity index (χ4n) is 3.90. The summed E-state index contributed by atoms with van der Waals surface area (Å²) in [6.07, 6.45) is 2.76. The lowest BCUT2D eigenvalue weighted by atomic mass is 9.69. The van der Waals surface area contributed by atoms with Gasteiger partial charge in [0, 0.05) is 18.5 Å². The number of hydrogen-bond donors (Lipinski definition) is 0. The molecule has 0 unspecified atom stereocenters. The molecule has 0 aromatic heterocycles. The first-order valence-corrected chi connectivity index (χ1v) is 9.82. The van der Waals surface area contributed by atoms with E-state index in [1.807, 2.05) is 13.0 Å². The van der Waals surface area contributed by atoms with Crippen molar-refractivity contribution in [3.63, 3.8) is 0 Å². The average Bonchev–Trinajstić information content (AvgIpc) is 2.50. The second kappa shape index (κ2) is 5.95. The van der Waals surface area contributed by atoms with Crippen LogP contribution in [-0.4, -0.2) is 50.1 Å². The molecule has 1 spiro atoms. The van der Waals surface area contributed by atoms with E-state index < -0.39 is 10.0 Å². The van der Waals surface area contributed by atoms with E-state index in [9.17, 15) is 8.42 Å². The Kier molecular flexibility index (Phi) is 4.32. The molecule has 2 aliphatic rings. The van der Waals surface area contributed by atoms with Crippen molar-refractivity contribution in [2.75, 3.05) is 32.4 Å². The first-order chi connectivity index (χ1) is 10.5. The second-order valence-corrected chi connectivity index (χ2v) is 8.91. The van der Waals surface area contributed by atoms with Crippen LogP contribution in [0.25, 0.3) is 0 Å². The van der Waals surface area contributed by atoms with Gasteiger partial charge in [0.25, 0.3) is 0 Å². The highest BCUT2D eigenvalue weighted by molar-refractivity contribution is 7.89. The smallest absolute Gasteiger partial charge is 0.214 e. The van der Waals surface area contributed by atoms with Crippen molar-refractivity contribution < 1.29 is 8.42 Å². The van der Waals surface area contributed by atoms with Crippen molar-refractivity contribution in [3.8, 4) is 0 Å². The molecule has 22 heavy (non-hydrogen) atoms. The topological polar surface area (TPSA) is 40.6 Å². The van der Waals surface area contributed by atoms with Crippen LogP contribution in [0.3, 0.4) is 0 Å². The third-order valence-electron chi connectivity index (χ3n) is 5.21. The molecule has 0 amide bonds. The first kappa shape index (κ1) is 16.0. The van der Waals surface area contributed by atoms with Crippen LogP contribution in [0.2, 0.25) is 0 Å². The molecular formula is C17H26N2O2S. The molecule has 5 heteroatoms. The van der Waals surface area contributed by atoms with E-state index in [1.165, 1.54) is 11.1 Å². The summed E-state index contributed by atoms with van der Waals surface area (Å²) >= 11 is 0. The zero-order valence-electron chi connectivity index (χ0n) is 13.6. The van der Waals surface area contributed by atoms with Crippen LogP contribution < -0.4 is 0 Å². The number of likely N-dealkylation sites (tertiary alicyclic amines) is 1. The highest BCUT2D eigenvalue weighted by Gasteiger charge is 2.43. The standard InChI is InChI=1S/C17H26N2O2S/c1-3-12-22(20,21)19-13-15-6-4-5-7-16(15)17(14-19)8-10-18(2)11-9-17/h4-7H,3,8-14H2,1-2H3. The lowest BCUT2D eigenvalue weighted by Gasteiger charge is -2.47. The zero-order valence-corrected chi connectivity index (χ0v) is 14.4. The van der Waals surface area contributed by atoms with Crippen molar-refractivity contribution in [3.05, 3.63) is 35.4 Å². The molecule has 4 nitrogen and oxygen atoms in total. The number of benzene rings is 1. The molecule has 0 bridgehead atoms. The highest BCUT2D eigenvalue weighted by atomic mass is 32.2. The molecule has 0 atom stereocenters. The molecule has 2 aliphatic heterocycles. The molecule has 1 saturated heterocycles. The van der Waals surface area contributed by atoms with Crippen LogP contribution >= 0.6 is 0 Å². The summed E-state index contributed by atoms with van der Waals surface area (Å²) in [5.74, 6) is 0.255. The van der Waals surface area contributed by atoms with Gasteiger partial charge in [-0.1, -0.05) is 31.2 Å². The van der Waals surface area contributed by atoms with Gasteiger partial charge >= 0.3 is 0 Å². The number of hydrogen-bond acceptors (Lipinski definition) is 3. The van der Waals surface area contributed by atoms with E-state index in [0.717, 1.165) is 25.9 Å². The van der Waals surface area contributed by atoms with E-state index in [2.05, 4.69) is 30.1 Å². The first-order valence-electron chi connectivity index (χ1n) is 8.22. The SMILES string of the molecule is CCCS(=O)(=O)N1Cc2ccccc2C2(CCN(C)CC2)C1. The van der Waals surface area contributed by atoms with Crippen LogP contribution in [0.4, 0.5) is 0 Å². The van der Waals surface area contributed by atoms with Crippen molar-refractivity contribution in [2.45, 2.75) is 38.1 Å². The predicted molar refractivity (Wildman–Crippen MR) is 89.3 cm³/mol. The van der Waals surface area contributed by atoms with Gasteiger partial charge in [-0.05, 0) is 50.5 Å². The van der Waals surface area contributed by atoms with Crippen molar-refractivity contribution in [2.24, 2.45) is 0 Å². The van der Waals surface area contributed by atoms with Crippen LogP contribution in [-0.2, 0) is 22.0 Å². The summed E-state index contributed by atoms with van der Waals surface area (Å²) in [6.45, 7) is 5.20. The summed E-state index contributed by atoms with van der Waals surface area (Å²) < 4.78 is 26.9. The van der Waals surface area contributed by atoms with Crippen molar-refractivity contribution in [1.29, 1.82) is 0 Å². The molecule has 3 rings (SSSR count). The average molecular weight is 322 g/mol. The summed E-state index contributed by atoms with van der Waals surface area (Å²) in [6, 6.07) is 8.43. The molecule has 0 N–H and O–H groups in total. The Morgan fingerprint density at radius 1 is 1.18 bits per heavy atom. The van der Waals surface area contributed by atoms with E-state index in [1.54, 1.807) is 4.31 Å². The third-order valence-corrected chi connectivity index (χ3v) is 7.18. The summed E-state index contributed by atoms with van der Waals surface area (Å²) in [5, 5.41) is 0. The summed E-state index contributed by atoms with van der Waals surface area (Å²) in [5.41, 5.74) is 2.58. The number of piperidine rings is 1. The van der Waals surface area contributed by atoms with Gasteiger partial charge in [-0.15, -0.1) is 0 Å². The maximum absolute atomic E-state index is 12.6. The maximum atomic E-state index is 12.6. The Morgan fingerprint density at radius 3 is 2.55 bits per heavy atom. The van der Waals surface area contributed by atoms with Crippen molar-refractivity contribution >= 4 is 10.0 Å². The molecule has 0 saturated carbocycles. The minimum atomic E-state index is -3.15. The van der Waals surface area contributed by atoms with Gasteiger partial charge in [0.1, 0.15) is 0 Å². The van der Waals surface area contributed by atoms with E-state index in [0.29, 0.717) is 19.5 Å². The number of fused-ring (bicyclic) bond motifs is 2. The van der Waals surface area contributed by atoms with Gasteiger partial charge in [-0.25, -0.2) is 8.42 Å². The molecule has 0 radical (unpaired) electrons. The van der Waals surface area contributed by atoms with Crippen LogP contribution in [0.15, 0.2) is 24.3 Å². The fraction of sp³-hybridized carbons (Fsp3) is 0.647. The van der Waals surface area contributed by atoms with Crippen LogP contribution in [0.1, 0.15) is 37.3 Å². The van der Waals surface area contributed by atoms with E-state index in [4.69, 9.17) is 0 Å². The Hall–Kier alpha value is -0.910. The van der Waals surface area contributed by atoms with Crippen LogP contribution in [0.5, 0.6) is 0 Å². The molecule has 122 valence electrons. The third kappa shape index (κ3) is 2.82. The molecule has 1 aromatic rings. The Bertz CT molecular complexity index is 634. The van der Waals surface area contributed by atoms with Gasteiger partial charge in [0.2, 0.25) is 10.0 Å². The lowest BCUT2D eigenvalue weighted by Crippen LogP contribution is -2.52. The molecule has 2 heterocycles. The largest absolute Gasteiger partial charge is 0.306 e. The Labute approximate surface area is 134 Å². The highest BCUT2D eigenvalue weighted by Crippen LogP contribution is 2.42. The summed E-state index contributed by atoms with van der Waals surface area (Å²) in [7, 11) is -0.999. The minimum Gasteiger partial charge on any atom is -0.306 e. The van der Waals surface area contributed by atoms with E-state index in [-0.39, 0.29) is 11.2 Å². The van der Waals surface area contributed by atoms with Gasteiger partial charge < -0.3 is 4.90 Å². The Morgan fingerprint density at radius 2 is 1.86 bits per heavy atom. The number of nitrogens with zero attached hydrogens (tertiary/aromatic N) is 2. The monoisotopic (exact) mass is 322 g/mol. The van der Waals surface area contributed by atoms with Gasteiger partial charge in [-0.2, -0.15) is 4.31 Å². The fourth-order valence-corrected chi connectivity index (χ4v) is 5.46. The van der Waals surface area contributed by atoms with Gasteiger partial charge in [-0.3, -0.25) is 0 Å². The quantitative estimate of drug-likeness (QED) is 0.857. The number of rotatable bonds is 3. The van der Waals surface area contributed by atoms with Crippen molar-refractivity contribution in [1.82, 2.24) is 9.21 Å². The molecular weight excluding hydrogens is 296 g/mol. The number of sulfonamides is 1. The normalized spacial score (nSPS) is 22.6. The summed E-state index contributed by atoms with van der Waals surface area (Å²) in [4.78, 5) is 2.34.